The van der Waals surface area contributed by atoms with Crippen LogP contribution >= 0.6 is 0 Å². The topological polar surface area (TPSA) is 115 Å². The van der Waals surface area contributed by atoms with Crippen LogP contribution in [-0.4, -0.2) is 58.8 Å². The van der Waals surface area contributed by atoms with E-state index in [1.165, 1.54) is 109 Å². The van der Waals surface area contributed by atoms with Crippen LogP contribution in [0.3, 0.4) is 0 Å². The molecular weight excluding hydrogens is 506 g/mol. The SMILES string of the molecule is CCCCCCCCC/C=C/CCCCCCCCCCCCC[N+](CCC(=O)[O-])(CCC(=O)O)CCC(=O)O. The van der Waals surface area contributed by atoms with E-state index in [1.807, 2.05) is 0 Å². The maximum Gasteiger partial charge on any atom is 0.309 e. The van der Waals surface area contributed by atoms with E-state index >= 15 is 0 Å². The van der Waals surface area contributed by atoms with Gasteiger partial charge in [0.15, 0.2) is 0 Å². The van der Waals surface area contributed by atoms with Gasteiger partial charge < -0.3 is 24.6 Å². The van der Waals surface area contributed by atoms with Crippen molar-refractivity contribution in [1.29, 1.82) is 0 Å². The first-order chi connectivity index (χ1) is 19.3. The number of hydrogen-bond donors (Lipinski definition) is 2. The summed E-state index contributed by atoms with van der Waals surface area (Å²) in [6, 6.07) is 0. The average Bonchev–Trinajstić information content (AvgIpc) is 2.92. The van der Waals surface area contributed by atoms with Gasteiger partial charge in [0.2, 0.25) is 0 Å². The van der Waals surface area contributed by atoms with Crippen molar-refractivity contribution in [3.63, 3.8) is 0 Å². The van der Waals surface area contributed by atoms with Crippen LogP contribution in [0.4, 0.5) is 0 Å². The Bertz CT molecular complexity index is 618. The van der Waals surface area contributed by atoms with Crippen molar-refractivity contribution in [3.8, 4) is 0 Å². The lowest BCUT2D eigenvalue weighted by molar-refractivity contribution is -0.927. The van der Waals surface area contributed by atoms with Crippen LogP contribution in [0.25, 0.3) is 0 Å². The molecule has 0 bridgehead atoms. The summed E-state index contributed by atoms with van der Waals surface area (Å²) in [7, 11) is 0. The largest absolute Gasteiger partial charge is 0.550 e. The van der Waals surface area contributed by atoms with E-state index in [0.29, 0.717) is 6.54 Å². The molecule has 0 aliphatic carbocycles. The lowest BCUT2D eigenvalue weighted by atomic mass is 10.0. The molecule has 0 radical (unpaired) electrons. The summed E-state index contributed by atoms with van der Waals surface area (Å²) < 4.78 is 0.224. The summed E-state index contributed by atoms with van der Waals surface area (Å²) in [4.78, 5) is 33.3. The standard InChI is InChI=1S/C33H61NO6/c1-2-3-4-5-6-7-8-9-10-11-12-13-14-15-16-17-18-19-20-21-22-23-27-34(28-24-31(35)36,29-25-32(37)38)30-26-33(39)40/h10-11H,2-9,12-30H2,1H3,(H2-,35,36,37,38,39,40)/b11-10+. The summed E-state index contributed by atoms with van der Waals surface area (Å²) >= 11 is 0. The molecule has 0 fully saturated rings. The zero-order chi connectivity index (χ0) is 29.7. The number of rotatable bonds is 31. The minimum atomic E-state index is -1.18. The summed E-state index contributed by atoms with van der Waals surface area (Å²) in [5, 5.41) is 29.3. The van der Waals surface area contributed by atoms with Crippen LogP contribution in [0.2, 0.25) is 0 Å². The van der Waals surface area contributed by atoms with Gasteiger partial charge in [-0.3, -0.25) is 9.59 Å². The molecule has 0 amide bonds. The molecule has 234 valence electrons. The monoisotopic (exact) mass is 567 g/mol. The number of quaternary nitrogens is 1. The Balaban J connectivity index is 3.83. The molecule has 0 spiro atoms. The predicted octanol–water partition coefficient (Wildman–Crippen LogP) is 7.27. The molecule has 0 heterocycles. The van der Waals surface area contributed by atoms with Crippen molar-refractivity contribution in [2.45, 2.75) is 155 Å². The highest BCUT2D eigenvalue weighted by molar-refractivity contribution is 5.67. The number of allylic oxidation sites excluding steroid dienone is 2. The molecule has 2 N–H and O–H groups in total. The lowest BCUT2D eigenvalue weighted by Gasteiger charge is -2.38. The number of carboxylic acid groups (broad SMARTS) is 3. The highest BCUT2D eigenvalue weighted by Crippen LogP contribution is 2.17. The van der Waals surface area contributed by atoms with E-state index < -0.39 is 17.9 Å². The zero-order valence-electron chi connectivity index (χ0n) is 25.7. The number of carbonyl (C=O) groups is 3. The fraction of sp³-hybridized carbons (Fsp3) is 0.848. The first kappa shape index (κ1) is 38.1. The van der Waals surface area contributed by atoms with Gasteiger partial charge in [0, 0.05) is 12.4 Å². The van der Waals surface area contributed by atoms with Gasteiger partial charge in [-0.15, -0.1) is 0 Å². The van der Waals surface area contributed by atoms with Gasteiger partial charge in [0.05, 0.1) is 39.0 Å². The predicted molar refractivity (Wildman–Crippen MR) is 161 cm³/mol. The number of unbranched alkanes of at least 4 members (excludes halogenated alkanes) is 18. The number of carbonyl (C=O) groups excluding carboxylic acids is 1. The number of carboxylic acids is 3. The van der Waals surface area contributed by atoms with E-state index in [9.17, 15) is 19.5 Å². The fourth-order valence-electron chi connectivity index (χ4n) is 5.42. The van der Waals surface area contributed by atoms with E-state index in [1.54, 1.807) is 0 Å². The quantitative estimate of drug-likeness (QED) is 0.0517. The first-order valence-corrected chi connectivity index (χ1v) is 16.4. The second kappa shape index (κ2) is 27.3. The molecule has 0 atom stereocenters. The van der Waals surface area contributed by atoms with Crippen LogP contribution in [0, 0.1) is 0 Å². The van der Waals surface area contributed by atoms with E-state index in [0.717, 1.165) is 19.3 Å². The highest BCUT2D eigenvalue weighted by Gasteiger charge is 2.28. The van der Waals surface area contributed by atoms with Crippen LogP contribution in [0.1, 0.15) is 155 Å². The maximum absolute atomic E-state index is 11.1. The summed E-state index contributed by atoms with van der Waals surface area (Å²) in [6.45, 7) is 3.61. The summed E-state index contributed by atoms with van der Waals surface area (Å²) in [5.41, 5.74) is 0. The minimum Gasteiger partial charge on any atom is -0.550 e. The molecule has 7 nitrogen and oxygen atoms in total. The van der Waals surface area contributed by atoms with Gasteiger partial charge in [0.25, 0.3) is 0 Å². The third-order valence-electron chi connectivity index (χ3n) is 8.03. The number of hydrogen-bond acceptors (Lipinski definition) is 4. The van der Waals surface area contributed by atoms with E-state index in [-0.39, 0.29) is 43.4 Å². The molecule has 0 unspecified atom stereocenters. The van der Waals surface area contributed by atoms with Crippen LogP contribution in [0.15, 0.2) is 12.2 Å². The van der Waals surface area contributed by atoms with Crippen molar-refractivity contribution in [2.24, 2.45) is 0 Å². The van der Waals surface area contributed by atoms with Crippen molar-refractivity contribution in [1.82, 2.24) is 0 Å². The van der Waals surface area contributed by atoms with Crippen molar-refractivity contribution >= 4 is 17.9 Å². The van der Waals surface area contributed by atoms with Gasteiger partial charge in [-0.25, -0.2) is 0 Å². The van der Waals surface area contributed by atoms with Crippen LogP contribution in [0.5, 0.6) is 0 Å². The van der Waals surface area contributed by atoms with Crippen LogP contribution in [-0.2, 0) is 14.4 Å². The molecule has 0 aliphatic rings. The third-order valence-corrected chi connectivity index (χ3v) is 8.03. The van der Waals surface area contributed by atoms with Gasteiger partial charge in [-0.1, -0.05) is 109 Å². The Morgan fingerprint density at radius 1 is 0.525 bits per heavy atom. The Labute approximate surface area is 245 Å². The Morgan fingerprint density at radius 2 is 0.875 bits per heavy atom. The lowest BCUT2D eigenvalue weighted by Crippen LogP contribution is -2.53. The molecule has 7 heteroatoms. The van der Waals surface area contributed by atoms with E-state index in [4.69, 9.17) is 10.2 Å². The molecule has 0 aliphatic heterocycles. The molecule has 0 aromatic rings. The minimum absolute atomic E-state index is 0.0946. The fourth-order valence-corrected chi connectivity index (χ4v) is 5.42. The van der Waals surface area contributed by atoms with Crippen LogP contribution < -0.4 is 5.11 Å². The summed E-state index contributed by atoms with van der Waals surface area (Å²) in [6.07, 6.45) is 29.6. The van der Waals surface area contributed by atoms with E-state index in [2.05, 4.69) is 19.1 Å². The molecule has 0 rings (SSSR count). The van der Waals surface area contributed by atoms with Crippen molar-refractivity contribution in [3.05, 3.63) is 12.2 Å². The highest BCUT2D eigenvalue weighted by atomic mass is 16.4. The second-order valence-corrected chi connectivity index (χ2v) is 11.7. The number of aliphatic carboxylic acids is 3. The molecule has 0 saturated carbocycles. The van der Waals surface area contributed by atoms with Gasteiger partial charge in [0.1, 0.15) is 0 Å². The normalized spacial score (nSPS) is 11.8. The third kappa shape index (κ3) is 26.3. The Hall–Kier alpha value is -1.89. The maximum atomic E-state index is 11.1. The van der Waals surface area contributed by atoms with Gasteiger partial charge in [-0.05, 0) is 38.5 Å². The van der Waals surface area contributed by atoms with Crippen molar-refractivity contribution < 1.29 is 34.2 Å². The molecule has 40 heavy (non-hydrogen) atoms. The first-order valence-electron chi connectivity index (χ1n) is 16.4. The number of nitrogens with zero attached hydrogens (tertiary/aromatic N) is 1. The van der Waals surface area contributed by atoms with Gasteiger partial charge in [-0.2, -0.15) is 0 Å². The molecular formula is C33H61NO6. The summed E-state index contributed by atoms with van der Waals surface area (Å²) in [5.74, 6) is -3.08. The molecule has 0 aromatic carbocycles. The van der Waals surface area contributed by atoms with Crippen molar-refractivity contribution in [2.75, 3.05) is 26.2 Å². The smallest absolute Gasteiger partial charge is 0.309 e. The van der Waals surface area contributed by atoms with Gasteiger partial charge >= 0.3 is 11.9 Å². The molecule has 0 saturated heterocycles. The average molecular weight is 568 g/mol. The Kier molecular flexibility index (Phi) is 26.0. The second-order valence-electron chi connectivity index (χ2n) is 11.7. The molecule has 0 aromatic heterocycles. The zero-order valence-corrected chi connectivity index (χ0v) is 25.7. The Morgan fingerprint density at radius 3 is 1.25 bits per heavy atom.